The summed E-state index contributed by atoms with van der Waals surface area (Å²) >= 11 is 0. The summed E-state index contributed by atoms with van der Waals surface area (Å²) in [6.45, 7) is 4.28. The summed E-state index contributed by atoms with van der Waals surface area (Å²) in [4.78, 5) is 16.9. The average Bonchev–Trinajstić information content (AvgIpc) is 3.22. The number of nitrogens with one attached hydrogen (secondary N) is 2. The second kappa shape index (κ2) is 8.70. The van der Waals surface area contributed by atoms with Crippen molar-refractivity contribution in [2.45, 2.75) is 19.8 Å². The molecule has 32 heavy (non-hydrogen) atoms. The lowest BCUT2D eigenvalue weighted by Crippen LogP contribution is -2.24. The van der Waals surface area contributed by atoms with E-state index in [0.29, 0.717) is 54.8 Å². The van der Waals surface area contributed by atoms with E-state index < -0.39 is 0 Å². The Morgan fingerprint density at radius 2 is 1.78 bits per heavy atom. The zero-order valence-corrected chi connectivity index (χ0v) is 17.8. The average molecular weight is 432 g/mol. The van der Waals surface area contributed by atoms with Crippen LogP contribution in [0.4, 0.5) is 5.82 Å². The highest BCUT2D eigenvalue weighted by Crippen LogP contribution is 2.35. The molecular formula is C23H24N6O3. The van der Waals surface area contributed by atoms with Crippen LogP contribution in [0.1, 0.15) is 29.0 Å². The van der Waals surface area contributed by atoms with Gasteiger partial charge >= 0.3 is 0 Å². The molecule has 1 aliphatic rings. The number of benzene rings is 2. The highest BCUT2D eigenvalue weighted by molar-refractivity contribution is 5.94. The first kappa shape index (κ1) is 20.0. The van der Waals surface area contributed by atoms with Gasteiger partial charge in [-0.2, -0.15) is 0 Å². The molecule has 0 aliphatic carbocycles. The molecule has 4 aromatic rings. The van der Waals surface area contributed by atoms with Crippen LogP contribution in [0.25, 0.3) is 16.7 Å². The van der Waals surface area contributed by atoms with E-state index in [1.54, 1.807) is 0 Å². The molecule has 1 aliphatic heterocycles. The fourth-order valence-corrected chi connectivity index (χ4v) is 3.78. The van der Waals surface area contributed by atoms with E-state index in [1.807, 2.05) is 53.8 Å². The number of anilines is 1. The van der Waals surface area contributed by atoms with Gasteiger partial charge in [-0.05, 0) is 31.9 Å². The van der Waals surface area contributed by atoms with Crippen LogP contribution in [0.3, 0.4) is 0 Å². The number of hydrogen-bond donors (Lipinski definition) is 2. The van der Waals surface area contributed by atoms with Crippen LogP contribution in [0.15, 0.2) is 42.5 Å². The Morgan fingerprint density at radius 3 is 2.59 bits per heavy atom. The number of hydrogen-bond acceptors (Lipinski definition) is 7. The number of unbranched alkanes of at least 4 members (excludes halogenated alkanes) is 1. The molecule has 0 atom stereocenters. The van der Waals surface area contributed by atoms with Gasteiger partial charge in [-0.25, -0.2) is 4.98 Å². The van der Waals surface area contributed by atoms with Crippen molar-refractivity contribution in [1.29, 1.82) is 0 Å². The van der Waals surface area contributed by atoms with Crippen LogP contribution in [-0.4, -0.2) is 51.8 Å². The fraction of sp³-hybridized carbons (Fsp3) is 0.304. The van der Waals surface area contributed by atoms with E-state index in [4.69, 9.17) is 14.5 Å². The van der Waals surface area contributed by atoms with Gasteiger partial charge < -0.3 is 20.1 Å². The number of nitrogens with zero attached hydrogens (tertiary/aromatic N) is 4. The van der Waals surface area contributed by atoms with Gasteiger partial charge in [0.2, 0.25) is 5.65 Å². The lowest BCUT2D eigenvalue weighted by Gasteiger charge is -2.19. The van der Waals surface area contributed by atoms with E-state index in [0.717, 1.165) is 29.7 Å². The molecule has 164 valence electrons. The molecule has 0 saturated carbocycles. The lowest BCUT2D eigenvalue weighted by atomic mass is 10.2. The van der Waals surface area contributed by atoms with Gasteiger partial charge in [0.05, 0.1) is 11.0 Å². The monoisotopic (exact) mass is 432 g/mol. The minimum atomic E-state index is -0.0510. The maximum absolute atomic E-state index is 12.1. The molecule has 0 unspecified atom stereocenters. The van der Waals surface area contributed by atoms with Crippen molar-refractivity contribution in [3.63, 3.8) is 0 Å². The fourth-order valence-electron chi connectivity index (χ4n) is 3.78. The summed E-state index contributed by atoms with van der Waals surface area (Å²) in [6.07, 6.45) is 1.72. The number of amides is 1. The number of aryl methyl sites for hydroxylation is 1. The van der Waals surface area contributed by atoms with Crippen LogP contribution >= 0.6 is 0 Å². The molecule has 2 aromatic carbocycles. The topological polar surface area (TPSA) is 103 Å². The summed E-state index contributed by atoms with van der Waals surface area (Å²) in [5.74, 6) is 2.79. The largest absolute Gasteiger partial charge is 0.486 e. The molecule has 0 saturated heterocycles. The Kier molecular flexibility index (Phi) is 5.45. The lowest BCUT2D eigenvalue weighted by molar-refractivity contribution is 0.0953. The molecule has 0 spiro atoms. The standard InChI is InChI=1S/C23H24N6O3/c1-15-27-28-22-21(24-9-5-6-10-25-23(30)16-7-3-2-4-8-16)26-17-13-19-20(32-12-11-31-19)14-18(17)29(15)22/h2-4,7-8,13-14H,5-6,9-12H2,1H3,(H,24,26)(H,25,30). The molecule has 0 radical (unpaired) electrons. The number of aromatic nitrogens is 4. The summed E-state index contributed by atoms with van der Waals surface area (Å²) in [5.41, 5.74) is 3.00. The second-order valence-electron chi connectivity index (χ2n) is 7.61. The van der Waals surface area contributed by atoms with Crippen molar-refractivity contribution in [3.8, 4) is 11.5 Å². The zero-order valence-electron chi connectivity index (χ0n) is 17.8. The van der Waals surface area contributed by atoms with E-state index in [1.165, 1.54) is 0 Å². The smallest absolute Gasteiger partial charge is 0.251 e. The van der Waals surface area contributed by atoms with Gasteiger partial charge in [0, 0.05) is 30.8 Å². The Hall–Kier alpha value is -3.88. The van der Waals surface area contributed by atoms with Crippen LogP contribution in [-0.2, 0) is 0 Å². The maximum atomic E-state index is 12.1. The number of carbonyl (C=O) groups is 1. The first-order valence-electron chi connectivity index (χ1n) is 10.7. The molecule has 2 N–H and O–H groups in total. The maximum Gasteiger partial charge on any atom is 0.251 e. The Morgan fingerprint density at radius 1 is 1.03 bits per heavy atom. The van der Waals surface area contributed by atoms with Crippen LogP contribution < -0.4 is 20.1 Å². The van der Waals surface area contributed by atoms with Crippen LogP contribution in [0.2, 0.25) is 0 Å². The Bertz CT molecular complexity index is 1270. The molecule has 9 heteroatoms. The van der Waals surface area contributed by atoms with Gasteiger partial charge in [0.1, 0.15) is 19.0 Å². The predicted octanol–water partition coefficient (Wildman–Crippen LogP) is 2.98. The number of rotatable bonds is 7. The molecular weight excluding hydrogens is 408 g/mol. The summed E-state index contributed by atoms with van der Waals surface area (Å²) < 4.78 is 13.4. The van der Waals surface area contributed by atoms with Crippen molar-refractivity contribution in [3.05, 3.63) is 53.9 Å². The van der Waals surface area contributed by atoms with E-state index in [2.05, 4.69) is 20.8 Å². The van der Waals surface area contributed by atoms with Crippen LogP contribution in [0, 0.1) is 6.92 Å². The Balaban J connectivity index is 1.25. The molecule has 9 nitrogen and oxygen atoms in total. The third kappa shape index (κ3) is 3.89. The van der Waals surface area contributed by atoms with Crippen molar-refractivity contribution in [1.82, 2.24) is 24.9 Å². The summed E-state index contributed by atoms with van der Waals surface area (Å²) in [6, 6.07) is 13.1. The van der Waals surface area contributed by atoms with Gasteiger partial charge in [-0.1, -0.05) is 18.2 Å². The number of carbonyl (C=O) groups excluding carboxylic acids is 1. The van der Waals surface area contributed by atoms with Gasteiger partial charge in [-0.3, -0.25) is 9.20 Å². The summed E-state index contributed by atoms with van der Waals surface area (Å²) in [5, 5.41) is 14.9. The number of ether oxygens (including phenoxy) is 2. The molecule has 5 rings (SSSR count). The first-order valence-corrected chi connectivity index (χ1v) is 10.7. The third-order valence-corrected chi connectivity index (χ3v) is 5.37. The predicted molar refractivity (Wildman–Crippen MR) is 121 cm³/mol. The van der Waals surface area contributed by atoms with Crippen molar-refractivity contribution < 1.29 is 14.3 Å². The minimum absolute atomic E-state index is 0.0510. The highest BCUT2D eigenvalue weighted by atomic mass is 16.6. The molecule has 2 aromatic heterocycles. The van der Waals surface area contributed by atoms with E-state index in [-0.39, 0.29) is 5.91 Å². The summed E-state index contributed by atoms with van der Waals surface area (Å²) in [7, 11) is 0. The minimum Gasteiger partial charge on any atom is -0.486 e. The van der Waals surface area contributed by atoms with E-state index >= 15 is 0 Å². The van der Waals surface area contributed by atoms with Crippen molar-refractivity contribution in [2.75, 3.05) is 31.6 Å². The molecule has 0 fully saturated rings. The van der Waals surface area contributed by atoms with Gasteiger partial charge in [0.15, 0.2) is 17.3 Å². The number of fused-ring (bicyclic) bond motifs is 4. The van der Waals surface area contributed by atoms with Crippen molar-refractivity contribution >= 4 is 28.4 Å². The van der Waals surface area contributed by atoms with Crippen LogP contribution in [0.5, 0.6) is 11.5 Å². The Labute approximate surface area is 184 Å². The third-order valence-electron chi connectivity index (χ3n) is 5.37. The zero-order chi connectivity index (χ0) is 21.9. The van der Waals surface area contributed by atoms with Crippen molar-refractivity contribution in [2.24, 2.45) is 0 Å². The molecule has 1 amide bonds. The second-order valence-corrected chi connectivity index (χ2v) is 7.61. The SMILES string of the molecule is Cc1nnc2c(NCCCCNC(=O)c3ccccc3)nc3cc4c(cc3n12)OCCO4. The quantitative estimate of drug-likeness (QED) is 0.433. The normalized spacial score (nSPS) is 12.8. The van der Waals surface area contributed by atoms with Gasteiger partial charge in [-0.15, -0.1) is 10.2 Å². The van der Waals surface area contributed by atoms with E-state index in [9.17, 15) is 4.79 Å². The molecule has 0 bridgehead atoms. The first-order chi connectivity index (χ1) is 15.7. The van der Waals surface area contributed by atoms with Gasteiger partial charge in [0.25, 0.3) is 5.91 Å². The molecule has 3 heterocycles. The highest BCUT2D eigenvalue weighted by Gasteiger charge is 2.18.